The van der Waals surface area contributed by atoms with E-state index in [4.69, 9.17) is 0 Å². The summed E-state index contributed by atoms with van der Waals surface area (Å²) in [5.74, 6) is -0.313. The number of hydrogen-bond donors (Lipinski definition) is 2. The number of anilines is 2. The van der Waals surface area contributed by atoms with Gasteiger partial charge in [-0.3, -0.25) is 4.79 Å². The highest BCUT2D eigenvalue weighted by molar-refractivity contribution is 5.91. The average molecular weight is 328 g/mol. The highest BCUT2D eigenvalue weighted by Gasteiger charge is 2.12. The van der Waals surface area contributed by atoms with Gasteiger partial charge in [-0.1, -0.05) is 18.2 Å². The Morgan fingerprint density at radius 2 is 1.79 bits per heavy atom. The van der Waals surface area contributed by atoms with Crippen LogP contribution in [0.2, 0.25) is 0 Å². The molecule has 3 rings (SSSR count). The van der Waals surface area contributed by atoms with E-state index < -0.39 is 0 Å². The van der Waals surface area contributed by atoms with E-state index in [9.17, 15) is 9.18 Å². The molecule has 5 heteroatoms. The van der Waals surface area contributed by atoms with E-state index in [1.54, 1.807) is 23.5 Å². The predicted molar refractivity (Wildman–Crippen MR) is 93.4 cm³/mol. The first-order valence-electron chi connectivity index (χ1n) is 8.42. The number of rotatable bonds is 6. The number of quaternary nitrogens is 1. The number of hydrogen-bond acceptors (Lipinski definition) is 2. The summed E-state index contributed by atoms with van der Waals surface area (Å²) < 4.78 is 13.5. The van der Waals surface area contributed by atoms with E-state index >= 15 is 0 Å². The Hall–Kier alpha value is -2.40. The van der Waals surface area contributed by atoms with Crippen LogP contribution < -0.4 is 15.5 Å². The molecule has 1 fully saturated rings. The smallest absolute Gasteiger partial charge is 0.279 e. The first-order chi connectivity index (χ1) is 11.7. The van der Waals surface area contributed by atoms with Crippen LogP contribution in [0.3, 0.4) is 0 Å². The van der Waals surface area contributed by atoms with Crippen LogP contribution in [0.15, 0.2) is 48.5 Å². The minimum absolute atomic E-state index is 0.0831. The van der Waals surface area contributed by atoms with Gasteiger partial charge in [0.2, 0.25) is 0 Å². The summed E-state index contributed by atoms with van der Waals surface area (Å²) in [6.07, 6.45) is 2.49. The van der Waals surface area contributed by atoms with Gasteiger partial charge in [-0.25, -0.2) is 4.39 Å². The van der Waals surface area contributed by atoms with Gasteiger partial charge < -0.3 is 15.5 Å². The fourth-order valence-electron chi connectivity index (χ4n) is 2.97. The molecule has 1 heterocycles. The lowest BCUT2D eigenvalue weighted by atomic mass is 10.2. The van der Waals surface area contributed by atoms with Crippen LogP contribution in [-0.4, -0.2) is 25.5 Å². The second-order valence-electron chi connectivity index (χ2n) is 6.08. The number of carbonyl (C=O) groups excluding carboxylic acids is 1. The minimum Gasteiger partial charge on any atom is -0.372 e. The number of amides is 1. The van der Waals surface area contributed by atoms with Gasteiger partial charge in [0.15, 0.2) is 6.54 Å². The highest BCUT2D eigenvalue weighted by atomic mass is 19.1. The van der Waals surface area contributed by atoms with Crippen molar-refractivity contribution in [1.29, 1.82) is 0 Å². The van der Waals surface area contributed by atoms with Crippen molar-refractivity contribution >= 4 is 17.3 Å². The van der Waals surface area contributed by atoms with E-state index in [0.29, 0.717) is 12.1 Å². The van der Waals surface area contributed by atoms with Gasteiger partial charge in [-0.2, -0.15) is 0 Å². The zero-order valence-electron chi connectivity index (χ0n) is 13.7. The molecule has 4 nitrogen and oxygen atoms in total. The van der Waals surface area contributed by atoms with Crippen LogP contribution in [0, 0.1) is 5.82 Å². The van der Waals surface area contributed by atoms with Crippen LogP contribution in [0.4, 0.5) is 15.8 Å². The largest absolute Gasteiger partial charge is 0.372 e. The predicted octanol–water partition coefficient (Wildman–Crippen LogP) is 2.13. The maximum atomic E-state index is 13.5. The van der Waals surface area contributed by atoms with Crippen LogP contribution in [0.1, 0.15) is 18.4 Å². The summed E-state index contributed by atoms with van der Waals surface area (Å²) in [7, 11) is 0. The summed E-state index contributed by atoms with van der Waals surface area (Å²) in [6, 6.07) is 14.6. The maximum Gasteiger partial charge on any atom is 0.279 e. The second-order valence-corrected chi connectivity index (χ2v) is 6.08. The third-order valence-corrected chi connectivity index (χ3v) is 4.27. The summed E-state index contributed by atoms with van der Waals surface area (Å²) >= 11 is 0. The molecule has 0 saturated carbocycles. The molecule has 24 heavy (non-hydrogen) atoms. The van der Waals surface area contributed by atoms with Crippen molar-refractivity contribution in [3.63, 3.8) is 0 Å². The van der Waals surface area contributed by atoms with Crippen molar-refractivity contribution in [2.45, 2.75) is 19.4 Å². The van der Waals surface area contributed by atoms with Crippen molar-refractivity contribution in [3.8, 4) is 0 Å². The molecule has 0 unspecified atom stereocenters. The molecule has 2 aromatic rings. The number of nitrogens with zero attached hydrogens (tertiary/aromatic N) is 1. The first-order valence-corrected chi connectivity index (χ1v) is 8.42. The van der Waals surface area contributed by atoms with E-state index in [-0.39, 0.29) is 18.3 Å². The lowest BCUT2D eigenvalue weighted by Gasteiger charge is -2.17. The van der Waals surface area contributed by atoms with Crippen LogP contribution in [-0.2, 0) is 11.3 Å². The number of nitrogens with two attached hydrogens (primary N) is 1. The monoisotopic (exact) mass is 328 g/mol. The second kappa shape index (κ2) is 7.93. The Balaban J connectivity index is 1.45. The van der Waals surface area contributed by atoms with Crippen molar-refractivity contribution in [1.82, 2.24) is 0 Å². The van der Waals surface area contributed by atoms with E-state index in [0.717, 1.165) is 18.8 Å². The quantitative estimate of drug-likeness (QED) is 0.853. The molecule has 126 valence electrons. The zero-order chi connectivity index (χ0) is 16.8. The van der Waals surface area contributed by atoms with E-state index in [1.165, 1.54) is 24.6 Å². The van der Waals surface area contributed by atoms with Gasteiger partial charge in [-0.15, -0.1) is 0 Å². The lowest BCUT2D eigenvalue weighted by molar-refractivity contribution is -0.659. The molecule has 1 amide bonds. The third-order valence-electron chi connectivity index (χ3n) is 4.27. The molecule has 0 spiro atoms. The van der Waals surface area contributed by atoms with E-state index in [1.807, 2.05) is 24.3 Å². The molecule has 1 aliphatic heterocycles. The van der Waals surface area contributed by atoms with Crippen LogP contribution >= 0.6 is 0 Å². The van der Waals surface area contributed by atoms with Crippen molar-refractivity contribution in [2.24, 2.45) is 0 Å². The summed E-state index contributed by atoms with van der Waals surface area (Å²) in [5.41, 5.74) is 2.61. The zero-order valence-corrected chi connectivity index (χ0v) is 13.7. The Morgan fingerprint density at radius 3 is 2.50 bits per heavy atom. The van der Waals surface area contributed by atoms with Crippen LogP contribution in [0.5, 0.6) is 0 Å². The number of halogens is 1. The number of benzene rings is 2. The molecule has 1 saturated heterocycles. The van der Waals surface area contributed by atoms with Gasteiger partial charge >= 0.3 is 0 Å². The molecular formula is C19H23FN3O+. The third kappa shape index (κ3) is 4.32. The summed E-state index contributed by atoms with van der Waals surface area (Å²) in [6.45, 7) is 2.93. The Morgan fingerprint density at radius 1 is 1.08 bits per heavy atom. The molecule has 0 bridgehead atoms. The van der Waals surface area contributed by atoms with E-state index in [2.05, 4.69) is 10.2 Å². The van der Waals surface area contributed by atoms with Crippen LogP contribution in [0.25, 0.3) is 0 Å². The summed E-state index contributed by atoms with van der Waals surface area (Å²) in [5, 5.41) is 4.68. The molecule has 2 aromatic carbocycles. The van der Waals surface area contributed by atoms with Gasteiger partial charge in [0.1, 0.15) is 12.4 Å². The standard InChI is InChI=1S/C19H22FN3O/c20-18-6-2-1-5-15(18)13-21-14-19(24)22-16-7-9-17(10-8-16)23-11-3-4-12-23/h1-2,5-10,21H,3-4,11-14H2,(H,22,24)/p+1. The molecule has 3 N–H and O–H groups in total. The first kappa shape index (κ1) is 16.5. The minimum atomic E-state index is -0.230. The van der Waals surface area contributed by atoms with Gasteiger partial charge in [0.25, 0.3) is 5.91 Å². The normalized spacial score (nSPS) is 14.0. The molecule has 1 aliphatic rings. The van der Waals surface area contributed by atoms with Crippen molar-refractivity contribution in [3.05, 3.63) is 59.9 Å². The van der Waals surface area contributed by atoms with Crippen molar-refractivity contribution < 1.29 is 14.5 Å². The Bertz CT molecular complexity index is 681. The van der Waals surface area contributed by atoms with Gasteiger partial charge in [0.05, 0.1) is 0 Å². The van der Waals surface area contributed by atoms with Gasteiger partial charge in [-0.05, 0) is 43.2 Å². The molecule has 0 aromatic heterocycles. The molecule has 0 atom stereocenters. The molecule has 0 aliphatic carbocycles. The fraction of sp³-hybridized carbons (Fsp3) is 0.316. The Labute approximate surface area is 141 Å². The maximum absolute atomic E-state index is 13.5. The lowest BCUT2D eigenvalue weighted by Crippen LogP contribution is -2.84. The number of nitrogens with one attached hydrogen (secondary N) is 1. The topological polar surface area (TPSA) is 49.0 Å². The fourth-order valence-corrected chi connectivity index (χ4v) is 2.97. The van der Waals surface area contributed by atoms with Gasteiger partial charge in [0, 0.05) is 30.0 Å². The molecular weight excluding hydrogens is 305 g/mol. The average Bonchev–Trinajstić information content (AvgIpc) is 3.12. The Kier molecular flexibility index (Phi) is 5.43. The van der Waals surface area contributed by atoms with Crippen molar-refractivity contribution in [2.75, 3.05) is 29.9 Å². The molecule has 0 radical (unpaired) electrons. The highest BCUT2D eigenvalue weighted by Crippen LogP contribution is 2.21. The SMILES string of the molecule is O=C(C[NH2+]Cc1ccccc1F)Nc1ccc(N2CCCC2)cc1. The number of carbonyl (C=O) groups is 1. The summed E-state index contributed by atoms with van der Waals surface area (Å²) in [4.78, 5) is 14.3.